The highest BCUT2D eigenvalue weighted by atomic mass is 35.5. The van der Waals surface area contributed by atoms with Gasteiger partial charge in [0.05, 0.1) is 11.6 Å². The fourth-order valence-electron chi connectivity index (χ4n) is 2.21. The van der Waals surface area contributed by atoms with E-state index in [1.54, 1.807) is 0 Å². The van der Waals surface area contributed by atoms with E-state index < -0.39 is 0 Å². The summed E-state index contributed by atoms with van der Waals surface area (Å²) in [4.78, 5) is 0. The average molecular weight is 298 g/mol. The summed E-state index contributed by atoms with van der Waals surface area (Å²) in [5, 5.41) is 4.07. The van der Waals surface area contributed by atoms with Crippen molar-refractivity contribution in [3.63, 3.8) is 0 Å². The second kappa shape index (κ2) is 7.87. The van der Waals surface area contributed by atoms with Crippen molar-refractivity contribution in [3.8, 4) is 5.75 Å². The van der Waals surface area contributed by atoms with Crippen molar-refractivity contribution in [2.75, 3.05) is 19.8 Å². The first kappa shape index (κ1) is 15.6. The summed E-state index contributed by atoms with van der Waals surface area (Å²) < 4.78 is 11.2. The molecule has 0 aromatic heterocycles. The molecule has 0 amide bonds. The fraction of sp³-hybridized carbons (Fsp3) is 0.625. The van der Waals surface area contributed by atoms with E-state index in [2.05, 4.69) is 25.2 Å². The molecule has 0 atom stereocenters. The predicted molar refractivity (Wildman–Crippen MR) is 82.5 cm³/mol. The van der Waals surface area contributed by atoms with Crippen molar-refractivity contribution < 1.29 is 9.47 Å². The van der Waals surface area contributed by atoms with Gasteiger partial charge in [-0.3, -0.25) is 0 Å². The minimum Gasteiger partial charge on any atom is -0.492 e. The van der Waals surface area contributed by atoms with Gasteiger partial charge in [-0.2, -0.15) is 0 Å². The first-order valence-corrected chi connectivity index (χ1v) is 7.75. The van der Waals surface area contributed by atoms with Crippen LogP contribution in [0.5, 0.6) is 5.75 Å². The summed E-state index contributed by atoms with van der Waals surface area (Å²) in [7, 11) is 0. The molecule has 112 valence electrons. The van der Waals surface area contributed by atoms with Crippen LogP contribution in [0.25, 0.3) is 0 Å². The molecule has 0 bridgehead atoms. The van der Waals surface area contributed by atoms with Crippen LogP contribution in [0.4, 0.5) is 0 Å². The Hall–Kier alpha value is -0.770. The molecule has 0 aliphatic carbocycles. The lowest BCUT2D eigenvalue weighted by Crippen LogP contribution is -2.22. The Morgan fingerprint density at radius 2 is 2.10 bits per heavy atom. The van der Waals surface area contributed by atoms with Gasteiger partial charge in [0.25, 0.3) is 0 Å². The SMILES string of the molecule is CC(C)NCc1ccc(OCC2CCOCC2)c(Cl)c1. The fourth-order valence-corrected chi connectivity index (χ4v) is 2.47. The number of benzene rings is 1. The smallest absolute Gasteiger partial charge is 0.137 e. The lowest BCUT2D eigenvalue weighted by molar-refractivity contribution is 0.0498. The number of nitrogens with one attached hydrogen (secondary N) is 1. The van der Waals surface area contributed by atoms with Crippen LogP contribution in [0, 0.1) is 5.92 Å². The molecular formula is C16H24ClNO2. The first-order valence-electron chi connectivity index (χ1n) is 7.37. The normalized spacial score (nSPS) is 16.6. The molecule has 1 aromatic carbocycles. The van der Waals surface area contributed by atoms with Crippen molar-refractivity contribution >= 4 is 11.6 Å². The maximum absolute atomic E-state index is 6.28. The summed E-state index contributed by atoms with van der Waals surface area (Å²) in [6, 6.07) is 6.49. The Morgan fingerprint density at radius 3 is 2.75 bits per heavy atom. The van der Waals surface area contributed by atoms with Crippen LogP contribution < -0.4 is 10.1 Å². The summed E-state index contributed by atoms with van der Waals surface area (Å²) in [5.41, 5.74) is 1.18. The molecule has 20 heavy (non-hydrogen) atoms. The highest BCUT2D eigenvalue weighted by Gasteiger charge is 2.15. The lowest BCUT2D eigenvalue weighted by atomic mass is 10.0. The van der Waals surface area contributed by atoms with Gasteiger partial charge in [0, 0.05) is 25.8 Å². The molecule has 1 fully saturated rings. The number of rotatable bonds is 6. The van der Waals surface area contributed by atoms with E-state index in [0.29, 0.717) is 17.0 Å². The Balaban J connectivity index is 1.85. The quantitative estimate of drug-likeness (QED) is 0.869. The van der Waals surface area contributed by atoms with E-state index in [1.165, 1.54) is 5.56 Å². The molecule has 1 aliphatic rings. The second-order valence-electron chi connectivity index (χ2n) is 5.67. The van der Waals surface area contributed by atoms with Gasteiger partial charge in [-0.1, -0.05) is 31.5 Å². The lowest BCUT2D eigenvalue weighted by Gasteiger charge is -2.22. The van der Waals surface area contributed by atoms with Gasteiger partial charge in [-0.25, -0.2) is 0 Å². The van der Waals surface area contributed by atoms with Gasteiger partial charge >= 0.3 is 0 Å². The Bertz CT molecular complexity index is 417. The minimum atomic E-state index is 0.471. The van der Waals surface area contributed by atoms with Crippen LogP contribution in [0.2, 0.25) is 5.02 Å². The molecule has 1 saturated heterocycles. The maximum Gasteiger partial charge on any atom is 0.137 e. The second-order valence-corrected chi connectivity index (χ2v) is 6.07. The molecule has 1 N–H and O–H groups in total. The average Bonchev–Trinajstić information content (AvgIpc) is 2.45. The highest BCUT2D eigenvalue weighted by Crippen LogP contribution is 2.27. The molecule has 0 unspecified atom stereocenters. The highest BCUT2D eigenvalue weighted by molar-refractivity contribution is 6.32. The zero-order chi connectivity index (χ0) is 14.4. The van der Waals surface area contributed by atoms with E-state index >= 15 is 0 Å². The van der Waals surface area contributed by atoms with Crippen LogP contribution in [0.3, 0.4) is 0 Å². The molecule has 0 spiro atoms. The third kappa shape index (κ3) is 4.97. The largest absolute Gasteiger partial charge is 0.492 e. The molecule has 3 nitrogen and oxygen atoms in total. The van der Waals surface area contributed by atoms with Crippen molar-refractivity contribution in [2.45, 2.75) is 39.3 Å². The molecule has 0 radical (unpaired) electrons. The molecule has 2 rings (SSSR count). The Kier molecular flexibility index (Phi) is 6.14. The minimum absolute atomic E-state index is 0.471. The van der Waals surface area contributed by atoms with Gasteiger partial charge < -0.3 is 14.8 Å². The third-order valence-corrected chi connectivity index (χ3v) is 3.82. The van der Waals surface area contributed by atoms with E-state index in [9.17, 15) is 0 Å². The van der Waals surface area contributed by atoms with Crippen LogP contribution in [0.15, 0.2) is 18.2 Å². The van der Waals surface area contributed by atoms with Gasteiger partial charge in [0.2, 0.25) is 0 Å². The van der Waals surface area contributed by atoms with E-state index in [-0.39, 0.29) is 0 Å². The van der Waals surface area contributed by atoms with E-state index in [0.717, 1.165) is 45.0 Å². The van der Waals surface area contributed by atoms with Gasteiger partial charge in [0.15, 0.2) is 0 Å². The van der Waals surface area contributed by atoms with Crippen LogP contribution in [-0.4, -0.2) is 25.9 Å². The molecule has 1 aliphatic heterocycles. The number of hydrogen-bond acceptors (Lipinski definition) is 3. The summed E-state index contributed by atoms with van der Waals surface area (Å²) in [5.74, 6) is 1.37. The molecule has 1 aromatic rings. The molecular weight excluding hydrogens is 274 g/mol. The summed E-state index contributed by atoms with van der Waals surface area (Å²) >= 11 is 6.28. The number of halogens is 1. The molecule has 0 saturated carbocycles. The summed E-state index contributed by atoms with van der Waals surface area (Å²) in [6.45, 7) is 7.52. The standard InChI is InChI=1S/C16H24ClNO2/c1-12(2)18-10-14-3-4-16(15(17)9-14)20-11-13-5-7-19-8-6-13/h3-4,9,12-13,18H,5-8,10-11H2,1-2H3. The Morgan fingerprint density at radius 1 is 1.35 bits per heavy atom. The zero-order valence-electron chi connectivity index (χ0n) is 12.3. The maximum atomic E-state index is 6.28. The van der Waals surface area contributed by atoms with Crippen LogP contribution in [-0.2, 0) is 11.3 Å². The zero-order valence-corrected chi connectivity index (χ0v) is 13.1. The molecule has 4 heteroatoms. The monoisotopic (exact) mass is 297 g/mol. The number of hydrogen-bond donors (Lipinski definition) is 1. The summed E-state index contributed by atoms with van der Waals surface area (Å²) in [6.07, 6.45) is 2.15. The third-order valence-electron chi connectivity index (χ3n) is 3.53. The van der Waals surface area contributed by atoms with Crippen molar-refractivity contribution in [1.82, 2.24) is 5.32 Å². The van der Waals surface area contributed by atoms with E-state index in [4.69, 9.17) is 21.1 Å². The van der Waals surface area contributed by atoms with Gasteiger partial charge in [0.1, 0.15) is 5.75 Å². The first-order chi connectivity index (χ1) is 9.65. The van der Waals surface area contributed by atoms with Crippen LogP contribution >= 0.6 is 11.6 Å². The van der Waals surface area contributed by atoms with Gasteiger partial charge in [-0.05, 0) is 36.5 Å². The van der Waals surface area contributed by atoms with Crippen LogP contribution in [0.1, 0.15) is 32.3 Å². The Labute approximate surface area is 126 Å². The molecule has 1 heterocycles. The van der Waals surface area contributed by atoms with Crippen molar-refractivity contribution in [1.29, 1.82) is 0 Å². The predicted octanol–water partition coefficient (Wildman–Crippen LogP) is 3.64. The van der Waals surface area contributed by atoms with Crippen molar-refractivity contribution in [2.24, 2.45) is 5.92 Å². The van der Waals surface area contributed by atoms with Gasteiger partial charge in [-0.15, -0.1) is 0 Å². The van der Waals surface area contributed by atoms with E-state index in [1.807, 2.05) is 12.1 Å². The van der Waals surface area contributed by atoms with Crippen molar-refractivity contribution in [3.05, 3.63) is 28.8 Å². The number of ether oxygens (including phenoxy) is 2. The topological polar surface area (TPSA) is 30.5 Å².